The average Bonchev–Trinajstić information content (AvgIpc) is 2.15. The predicted molar refractivity (Wildman–Crippen MR) is 59.5 cm³/mol. The molecular formula is C12H16N2. The van der Waals surface area contributed by atoms with Gasteiger partial charge in [-0.3, -0.25) is 0 Å². The first kappa shape index (κ1) is 10.6. The molecule has 2 heteroatoms. The van der Waals surface area contributed by atoms with Crippen LogP contribution in [0.15, 0.2) is 12.1 Å². The second kappa shape index (κ2) is 4.15. The molecule has 1 aromatic rings. The van der Waals surface area contributed by atoms with E-state index in [1.165, 1.54) is 16.7 Å². The fraction of sp³-hybridized carbons (Fsp3) is 0.417. The SMILES string of the molecule is Cc1ccc(N(C)CC#N)c(C)c1C. The third-order valence-electron chi connectivity index (χ3n) is 2.75. The van der Waals surface area contributed by atoms with E-state index < -0.39 is 0 Å². The van der Waals surface area contributed by atoms with Crippen LogP contribution in [0.2, 0.25) is 0 Å². The van der Waals surface area contributed by atoms with Crippen molar-refractivity contribution in [2.75, 3.05) is 18.5 Å². The largest absolute Gasteiger partial charge is 0.361 e. The highest BCUT2D eigenvalue weighted by Gasteiger charge is 2.06. The van der Waals surface area contributed by atoms with Crippen LogP contribution in [0.25, 0.3) is 0 Å². The monoisotopic (exact) mass is 188 g/mol. The Labute approximate surface area is 85.8 Å². The molecule has 1 aromatic carbocycles. The summed E-state index contributed by atoms with van der Waals surface area (Å²) in [7, 11) is 1.94. The molecule has 0 unspecified atom stereocenters. The van der Waals surface area contributed by atoms with E-state index in [0.717, 1.165) is 5.69 Å². The first-order valence-corrected chi connectivity index (χ1v) is 4.72. The van der Waals surface area contributed by atoms with Crippen LogP contribution in [0.4, 0.5) is 5.69 Å². The summed E-state index contributed by atoms with van der Waals surface area (Å²) in [5.74, 6) is 0. The van der Waals surface area contributed by atoms with Crippen LogP contribution in [-0.4, -0.2) is 13.6 Å². The number of anilines is 1. The number of nitrogens with zero attached hydrogens (tertiary/aromatic N) is 2. The van der Waals surface area contributed by atoms with Gasteiger partial charge in [-0.1, -0.05) is 6.07 Å². The average molecular weight is 188 g/mol. The van der Waals surface area contributed by atoms with Crippen LogP contribution in [0.3, 0.4) is 0 Å². The number of rotatable bonds is 2. The quantitative estimate of drug-likeness (QED) is 0.667. The number of benzene rings is 1. The van der Waals surface area contributed by atoms with Gasteiger partial charge in [-0.15, -0.1) is 0 Å². The third kappa shape index (κ3) is 1.88. The molecule has 14 heavy (non-hydrogen) atoms. The lowest BCUT2D eigenvalue weighted by molar-refractivity contribution is 1.02. The maximum Gasteiger partial charge on any atom is 0.105 e. The molecular weight excluding hydrogens is 172 g/mol. The lowest BCUT2D eigenvalue weighted by Crippen LogP contribution is -2.18. The van der Waals surface area contributed by atoms with Crippen molar-refractivity contribution >= 4 is 5.69 Å². The van der Waals surface area contributed by atoms with Gasteiger partial charge in [-0.2, -0.15) is 5.26 Å². The van der Waals surface area contributed by atoms with Gasteiger partial charge in [0.25, 0.3) is 0 Å². The first-order valence-electron chi connectivity index (χ1n) is 4.72. The smallest absolute Gasteiger partial charge is 0.105 e. The van der Waals surface area contributed by atoms with Crippen LogP contribution >= 0.6 is 0 Å². The zero-order valence-corrected chi connectivity index (χ0v) is 9.26. The van der Waals surface area contributed by atoms with Gasteiger partial charge in [-0.05, 0) is 43.5 Å². The molecule has 2 nitrogen and oxygen atoms in total. The Kier molecular flexibility index (Phi) is 3.14. The van der Waals surface area contributed by atoms with Crippen molar-refractivity contribution in [3.05, 3.63) is 28.8 Å². The zero-order chi connectivity index (χ0) is 10.7. The summed E-state index contributed by atoms with van der Waals surface area (Å²) in [6.45, 7) is 6.76. The molecule has 0 saturated heterocycles. The molecule has 0 amide bonds. The number of aryl methyl sites for hydroxylation is 1. The Morgan fingerprint density at radius 2 is 1.86 bits per heavy atom. The Bertz CT molecular complexity index is 375. The van der Waals surface area contributed by atoms with E-state index in [4.69, 9.17) is 5.26 Å². The van der Waals surface area contributed by atoms with Crippen molar-refractivity contribution in [1.29, 1.82) is 5.26 Å². The summed E-state index contributed by atoms with van der Waals surface area (Å²) in [5, 5.41) is 8.62. The molecule has 0 aliphatic carbocycles. The molecule has 1 rings (SSSR count). The van der Waals surface area contributed by atoms with E-state index in [-0.39, 0.29) is 0 Å². The number of hydrogen-bond donors (Lipinski definition) is 0. The van der Waals surface area contributed by atoms with Gasteiger partial charge >= 0.3 is 0 Å². The normalized spacial score (nSPS) is 9.64. The van der Waals surface area contributed by atoms with Crippen LogP contribution < -0.4 is 4.90 Å². The molecule has 0 atom stereocenters. The molecule has 0 aromatic heterocycles. The highest BCUT2D eigenvalue weighted by molar-refractivity contribution is 5.57. The van der Waals surface area contributed by atoms with Crippen LogP contribution in [0.5, 0.6) is 0 Å². The fourth-order valence-electron chi connectivity index (χ4n) is 1.55. The van der Waals surface area contributed by atoms with E-state index in [1.807, 2.05) is 11.9 Å². The molecule has 0 N–H and O–H groups in total. The van der Waals surface area contributed by atoms with Gasteiger partial charge in [0.15, 0.2) is 0 Å². The molecule has 0 fully saturated rings. The van der Waals surface area contributed by atoms with E-state index in [9.17, 15) is 0 Å². The van der Waals surface area contributed by atoms with E-state index in [2.05, 4.69) is 39.0 Å². The Morgan fingerprint density at radius 1 is 1.21 bits per heavy atom. The lowest BCUT2D eigenvalue weighted by atomic mass is 10.0. The maximum absolute atomic E-state index is 8.62. The van der Waals surface area contributed by atoms with Crippen LogP contribution in [0.1, 0.15) is 16.7 Å². The summed E-state index contributed by atoms with van der Waals surface area (Å²) in [6.07, 6.45) is 0. The highest BCUT2D eigenvalue weighted by atomic mass is 15.1. The van der Waals surface area contributed by atoms with Gasteiger partial charge in [0.1, 0.15) is 6.54 Å². The lowest BCUT2D eigenvalue weighted by Gasteiger charge is -2.20. The minimum Gasteiger partial charge on any atom is -0.361 e. The second-order valence-electron chi connectivity index (χ2n) is 3.67. The highest BCUT2D eigenvalue weighted by Crippen LogP contribution is 2.23. The molecule has 74 valence electrons. The Hall–Kier alpha value is -1.49. The summed E-state index contributed by atoms with van der Waals surface area (Å²) in [5.41, 5.74) is 5.03. The van der Waals surface area contributed by atoms with Crippen molar-refractivity contribution in [1.82, 2.24) is 0 Å². The van der Waals surface area contributed by atoms with Gasteiger partial charge in [0.05, 0.1) is 6.07 Å². The predicted octanol–water partition coefficient (Wildman–Crippen LogP) is 2.57. The molecule has 0 saturated carbocycles. The van der Waals surface area contributed by atoms with Crippen molar-refractivity contribution in [3.63, 3.8) is 0 Å². The maximum atomic E-state index is 8.62. The van der Waals surface area contributed by atoms with Crippen molar-refractivity contribution < 1.29 is 0 Å². The molecule has 0 radical (unpaired) electrons. The van der Waals surface area contributed by atoms with E-state index in [0.29, 0.717) is 6.54 Å². The minimum atomic E-state index is 0.434. The van der Waals surface area contributed by atoms with Crippen molar-refractivity contribution in [2.45, 2.75) is 20.8 Å². The fourth-order valence-corrected chi connectivity index (χ4v) is 1.55. The zero-order valence-electron chi connectivity index (χ0n) is 9.26. The number of nitriles is 1. The van der Waals surface area contributed by atoms with Gasteiger partial charge in [0, 0.05) is 12.7 Å². The van der Waals surface area contributed by atoms with Gasteiger partial charge in [-0.25, -0.2) is 0 Å². The molecule has 0 spiro atoms. The molecule has 0 aliphatic heterocycles. The number of hydrogen-bond acceptors (Lipinski definition) is 2. The van der Waals surface area contributed by atoms with Crippen LogP contribution in [-0.2, 0) is 0 Å². The topological polar surface area (TPSA) is 27.0 Å². The van der Waals surface area contributed by atoms with Crippen molar-refractivity contribution in [3.8, 4) is 6.07 Å². The van der Waals surface area contributed by atoms with Gasteiger partial charge in [0.2, 0.25) is 0 Å². The van der Waals surface area contributed by atoms with Gasteiger partial charge < -0.3 is 4.90 Å². The van der Waals surface area contributed by atoms with E-state index in [1.54, 1.807) is 0 Å². The molecule has 0 bridgehead atoms. The minimum absolute atomic E-state index is 0.434. The Balaban J connectivity index is 3.12. The second-order valence-corrected chi connectivity index (χ2v) is 3.67. The first-order chi connectivity index (χ1) is 6.57. The summed E-state index contributed by atoms with van der Waals surface area (Å²) in [6, 6.07) is 6.33. The Morgan fingerprint density at radius 3 is 2.43 bits per heavy atom. The summed E-state index contributed by atoms with van der Waals surface area (Å²) in [4.78, 5) is 1.97. The molecule has 0 aliphatic rings. The summed E-state index contributed by atoms with van der Waals surface area (Å²) < 4.78 is 0. The van der Waals surface area contributed by atoms with Crippen molar-refractivity contribution in [2.24, 2.45) is 0 Å². The van der Waals surface area contributed by atoms with Crippen LogP contribution in [0, 0.1) is 32.1 Å². The standard InChI is InChI=1S/C12H16N2/c1-9-5-6-12(11(3)10(9)2)14(4)8-7-13/h5-6H,8H2,1-4H3. The van der Waals surface area contributed by atoms with E-state index >= 15 is 0 Å². The molecule has 0 heterocycles. The third-order valence-corrected chi connectivity index (χ3v) is 2.75. The summed E-state index contributed by atoms with van der Waals surface area (Å²) >= 11 is 0.